The molecule has 0 unspecified atom stereocenters. The molecule has 7 nitrogen and oxygen atoms in total. The first-order chi connectivity index (χ1) is 12.0. The van der Waals surface area contributed by atoms with E-state index in [9.17, 15) is 9.18 Å². The second-order valence-electron chi connectivity index (χ2n) is 5.00. The first kappa shape index (κ1) is 16.8. The minimum absolute atomic E-state index is 0.144. The molecule has 0 aromatic carbocycles. The van der Waals surface area contributed by atoms with Crippen molar-refractivity contribution in [3.63, 3.8) is 0 Å². The molecule has 0 bridgehead atoms. The lowest BCUT2D eigenvalue weighted by Crippen LogP contribution is -2.18. The molecule has 0 spiro atoms. The summed E-state index contributed by atoms with van der Waals surface area (Å²) in [5, 5.41) is 6.88. The van der Waals surface area contributed by atoms with Crippen LogP contribution in [0.25, 0.3) is 0 Å². The van der Waals surface area contributed by atoms with E-state index in [2.05, 4.69) is 25.6 Å². The van der Waals surface area contributed by atoms with Crippen LogP contribution in [-0.2, 0) is 0 Å². The van der Waals surface area contributed by atoms with Gasteiger partial charge in [0.05, 0.1) is 22.6 Å². The van der Waals surface area contributed by atoms with Gasteiger partial charge in [-0.05, 0) is 38.1 Å². The normalized spacial score (nSPS) is 10.4. The van der Waals surface area contributed by atoms with Crippen LogP contribution in [0.15, 0.2) is 36.7 Å². The average molecular weight is 359 g/mol. The third-order valence-electron chi connectivity index (χ3n) is 3.11. The van der Waals surface area contributed by atoms with Crippen LogP contribution in [0.2, 0.25) is 0 Å². The molecule has 3 aromatic rings. The molecule has 0 fully saturated rings. The third-order valence-corrected chi connectivity index (χ3v) is 3.97. The number of nitrogens with zero attached hydrogens (tertiary/aromatic N) is 3. The lowest BCUT2D eigenvalue weighted by atomic mass is 10.3. The van der Waals surface area contributed by atoms with E-state index < -0.39 is 11.9 Å². The summed E-state index contributed by atoms with van der Waals surface area (Å²) in [5.41, 5.74) is 1.59. The van der Waals surface area contributed by atoms with Crippen molar-refractivity contribution in [2.75, 3.05) is 10.6 Å². The monoisotopic (exact) mass is 359 g/mol. The minimum atomic E-state index is -0.768. The number of aromatic nitrogens is 3. The first-order valence-electron chi connectivity index (χ1n) is 7.28. The van der Waals surface area contributed by atoms with E-state index in [1.54, 1.807) is 19.2 Å². The van der Waals surface area contributed by atoms with Crippen LogP contribution in [-0.4, -0.2) is 21.0 Å². The van der Waals surface area contributed by atoms with Crippen LogP contribution in [0.3, 0.4) is 0 Å². The number of pyridine rings is 2. The number of halogens is 1. The first-order valence-corrected chi connectivity index (χ1v) is 8.09. The number of ether oxygens (including phenoxy) is 1. The molecule has 9 heteroatoms. The lowest BCUT2D eigenvalue weighted by Gasteiger charge is -2.08. The predicted molar refractivity (Wildman–Crippen MR) is 92.9 cm³/mol. The highest BCUT2D eigenvalue weighted by atomic mass is 32.1. The van der Waals surface area contributed by atoms with Gasteiger partial charge in [0.2, 0.25) is 0 Å². The fraction of sp³-hybridized carbons (Fsp3) is 0.125. The molecule has 128 valence electrons. The summed E-state index contributed by atoms with van der Waals surface area (Å²) in [5.74, 6) is -0.173. The maximum atomic E-state index is 12.8. The van der Waals surface area contributed by atoms with E-state index in [-0.39, 0.29) is 11.7 Å². The number of hydrogen-bond acceptors (Lipinski definition) is 7. The highest BCUT2D eigenvalue weighted by molar-refractivity contribution is 7.16. The summed E-state index contributed by atoms with van der Waals surface area (Å²) in [4.78, 5) is 24.1. The Morgan fingerprint density at radius 3 is 2.80 bits per heavy atom. The van der Waals surface area contributed by atoms with Gasteiger partial charge in [-0.15, -0.1) is 0 Å². The number of anilines is 3. The van der Waals surface area contributed by atoms with Gasteiger partial charge >= 0.3 is 6.09 Å². The largest absolute Gasteiger partial charge is 0.419 e. The predicted octanol–water partition coefficient (Wildman–Crippen LogP) is 4.04. The Hall–Kier alpha value is -3.07. The number of amides is 1. The van der Waals surface area contributed by atoms with Gasteiger partial charge in [-0.25, -0.2) is 19.2 Å². The van der Waals surface area contributed by atoms with Gasteiger partial charge in [0, 0.05) is 6.20 Å². The van der Waals surface area contributed by atoms with E-state index in [4.69, 9.17) is 4.74 Å². The number of carbonyl (C=O) groups is 1. The summed E-state index contributed by atoms with van der Waals surface area (Å²) in [6, 6.07) is 6.19. The Kier molecular flexibility index (Phi) is 4.85. The maximum absolute atomic E-state index is 12.8. The van der Waals surface area contributed by atoms with E-state index >= 15 is 0 Å². The molecule has 25 heavy (non-hydrogen) atoms. The molecule has 0 atom stereocenters. The van der Waals surface area contributed by atoms with Crippen LogP contribution in [0.4, 0.5) is 25.7 Å². The highest BCUT2D eigenvalue weighted by Gasteiger charge is 2.16. The fourth-order valence-electron chi connectivity index (χ4n) is 1.96. The average Bonchev–Trinajstić information content (AvgIpc) is 2.91. The van der Waals surface area contributed by atoms with Gasteiger partial charge in [-0.3, -0.25) is 10.3 Å². The lowest BCUT2D eigenvalue weighted by molar-refractivity contribution is 0.213. The van der Waals surface area contributed by atoms with Gasteiger partial charge in [0.15, 0.2) is 5.00 Å². The van der Waals surface area contributed by atoms with Gasteiger partial charge in [0.25, 0.3) is 5.88 Å². The summed E-state index contributed by atoms with van der Waals surface area (Å²) in [6.45, 7) is 3.67. The van der Waals surface area contributed by atoms with E-state index in [0.29, 0.717) is 5.00 Å². The van der Waals surface area contributed by atoms with Crippen molar-refractivity contribution in [3.8, 4) is 5.88 Å². The SMILES string of the molecule is Cc1nc(OC(=O)Nc2ccc(F)cn2)c(Nc2cccnc2C)s1. The van der Waals surface area contributed by atoms with Crippen LogP contribution in [0, 0.1) is 19.7 Å². The zero-order chi connectivity index (χ0) is 17.8. The van der Waals surface area contributed by atoms with Gasteiger partial charge in [0.1, 0.15) is 11.6 Å². The Morgan fingerprint density at radius 2 is 2.08 bits per heavy atom. The molecule has 0 saturated carbocycles. The van der Waals surface area contributed by atoms with E-state index in [1.165, 1.54) is 23.5 Å². The smallest absolute Gasteiger partial charge is 0.388 e. The Labute approximate surface area is 146 Å². The second kappa shape index (κ2) is 7.22. The second-order valence-corrected chi connectivity index (χ2v) is 6.21. The van der Waals surface area contributed by atoms with Crippen molar-refractivity contribution in [1.29, 1.82) is 0 Å². The summed E-state index contributed by atoms with van der Waals surface area (Å²) < 4.78 is 18.1. The van der Waals surface area contributed by atoms with Crippen LogP contribution in [0.1, 0.15) is 10.7 Å². The summed E-state index contributed by atoms with van der Waals surface area (Å²) in [6.07, 6.45) is 1.93. The number of thiazole rings is 1. The molecule has 0 aliphatic heterocycles. The molecule has 3 heterocycles. The van der Waals surface area contributed by atoms with Gasteiger partial charge < -0.3 is 10.1 Å². The van der Waals surface area contributed by atoms with Crippen molar-refractivity contribution in [2.45, 2.75) is 13.8 Å². The van der Waals surface area contributed by atoms with Crippen molar-refractivity contribution >= 4 is 33.9 Å². The van der Waals surface area contributed by atoms with Crippen LogP contribution < -0.4 is 15.4 Å². The number of rotatable bonds is 4. The Bertz CT molecular complexity index is 898. The summed E-state index contributed by atoms with van der Waals surface area (Å²) in [7, 11) is 0. The van der Waals surface area contributed by atoms with Crippen LogP contribution in [0.5, 0.6) is 5.88 Å². The summed E-state index contributed by atoms with van der Waals surface area (Å²) >= 11 is 1.35. The number of hydrogen-bond donors (Lipinski definition) is 2. The van der Waals surface area contributed by atoms with Crippen molar-refractivity contribution in [3.05, 3.63) is 53.2 Å². The van der Waals surface area contributed by atoms with Gasteiger partial charge in [-0.2, -0.15) is 0 Å². The zero-order valence-electron chi connectivity index (χ0n) is 13.4. The molecule has 0 radical (unpaired) electrons. The molecule has 0 saturated heterocycles. The number of aryl methyl sites for hydroxylation is 2. The molecular formula is C16H14FN5O2S. The third kappa shape index (κ3) is 4.27. The molecule has 3 rings (SSSR count). The van der Waals surface area contributed by atoms with Gasteiger partial charge in [-0.1, -0.05) is 11.3 Å². The molecule has 1 amide bonds. The molecular weight excluding hydrogens is 345 g/mol. The fourth-order valence-corrected chi connectivity index (χ4v) is 2.72. The zero-order valence-corrected chi connectivity index (χ0v) is 14.2. The Morgan fingerprint density at radius 1 is 1.24 bits per heavy atom. The molecule has 0 aliphatic carbocycles. The number of nitrogens with one attached hydrogen (secondary N) is 2. The molecule has 0 aliphatic rings. The minimum Gasteiger partial charge on any atom is -0.388 e. The Balaban J connectivity index is 1.73. The number of carbonyl (C=O) groups excluding carboxylic acids is 1. The van der Waals surface area contributed by atoms with E-state index in [0.717, 1.165) is 22.6 Å². The van der Waals surface area contributed by atoms with Crippen molar-refractivity contribution in [2.24, 2.45) is 0 Å². The molecule has 3 aromatic heterocycles. The van der Waals surface area contributed by atoms with Crippen molar-refractivity contribution < 1.29 is 13.9 Å². The van der Waals surface area contributed by atoms with Crippen LogP contribution >= 0.6 is 11.3 Å². The maximum Gasteiger partial charge on any atom is 0.419 e. The molecule has 2 N–H and O–H groups in total. The highest BCUT2D eigenvalue weighted by Crippen LogP contribution is 2.34. The topological polar surface area (TPSA) is 89.0 Å². The van der Waals surface area contributed by atoms with Crippen molar-refractivity contribution in [1.82, 2.24) is 15.0 Å². The quantitative estimate of drug-likeness (QED) is 0.731. The standard InChI is InChI=1S/C16H14FN5O2S/c1-9-12(4-3-7-18-9)21-15-14(20-10(2)25-15)24-16(23)22-13-6-5-11(17)8-19-13/h3-8,21H,1-2H3,(H,19,22,23). The van der Waals surface area contributed by atoms with E-state index in [1.807, 2.05) is 13.0 Å².